The zero-order valence-corrected chi connectivity index (χ0v) is 10.8. The average Bonchev–Trinajstić information content (AvgIpc) is 2.28. The van der Waals surface area contributed by atoms with Crippen LogP contribution in [-0.4, -0.2) is 12.2 Å². The quantitative estimate of drug-likeness (QED) is 0.775. The van der Waals surface area contributed by atoms with Crippen molar-refractivity contribution in [2.24, 2.45) is 0 Å². The molecule has 1 N–H and O–H groups in total. The van der Waals surface area contributed by atoms with Gasteiger partial charge in [0, 0.05) is 18.2 Å². The first-order chi connectivity index (χ1) is 8.40. The second-order valence-electron chi connectivity index (χ2n) is 4.60. The fourth-order valence-electron chi connectivity index (χ4n) is 1.80. The van der Waals surface area contributed by atoms with Crippen molar-refractivity contribution in [1.29, 1.82) is 0 Å². The molecule has 1 aromatic carbocycles. The smallest absolute Gasteiger partial charge is 0.383 e. The first kappa shape index (κ1) is 14.9. The standard InChI is InChI=1S/C14H20F3N/c1-3-12-6-8-13(9-7-12)18-11(2)5-4-10-14(15,16)17/h6-9,11,18H,3-5,10H2,1-2H3. The van der Waals surface area contributed by atoms with E-state index in [1.807, 2.05) is 31.2 Å². The molecule has 0 radical (unpaired) electrons. The molecule has 1 nitrogen and oxygen atoms in total. The number of nitrogens with one attached hydrogen (secondary N) is 1. The molecule has 0 aliphatic rings. The van der Waals surface area contributed by atoms with Crippen LogP contribution in [0.15, 0.2) is 24.3 Å². The number of halogens is 3. The van der Waals surface area contributed by atoms with Gasteiger partial charge in [0.15, 0.2) is 0 Å². The predicted octanol–water partition coefficient (Wildman–Crippen LogP) is 4.78. The third-order valence-electron chi connectivity index (χ3n) is 2.87. The predicted molar refractivity (Wildman–Crippen MR) is 68.8 cm³/mol. The van der Waals surface area contributed by atoms with Gasteiger partial charge in [0.25, 0.3) is 0 Å². The molecular formula is C14H20F3N. The van der Waals surface area contributed by atoms with Gasteiger partial charge in [-0.05, 0) is 43.9 Å². The van der Waals surface area contributed by atoms with Crippen molar-refractivity contribution in [3.8, 4) is 0 Å². The van der Waals surface area contributed by atoms with Crippen molar-refractivity contribution in [1.82, 2.24) is 0 Å². The summed E-state index contributed by atoms with van der Waals surface area (Å²) >= 11 is 0. The molecular weight excluding hydrogens is 239 g/mol. The van der Waals surface area contributed by atoms with Crippen LogP contribution < -0.4 is 5.32 Å². The SMILES string of the molecule is CCc1ccc(NC(C)CCCC(F)(F)F)cc1. The first-order valence-corrected chi connectivity index (χ1v) is 6.33. The molecule has 1 atom stereocenters. The maximum absolute atomic E-state index is 12.0. The second-order valence-corrected chi connectivity index (χ2v) is 4.60. The summed E-state index contributed by atoms with van der Waals surface area (Å²) in [5.41, 5.74) is 2.22. The summed E-state index contributed by atoms with van der Waals surface area (Å²) < 4.78 is 36.0. The van der Waals surface area contributed by atoms with Crippen molar-refractivity contribution in [3.05, 3.63) is 29.8 Å². The summed E-state index contributed by atoms with van der Waals surface area (Å²) in [6.07, 6.45) is -3.06. The van der Waals surface area contributed by atoms with Gasteiger partial charge in [-0.1, -0.05) is 19.1 Å². The normalized spacial score (nSPS) is 13.4. The van der Waals surface area contributed by atoms with E-state index in [0.717, 1.165) is 12.1 Å². The third-order valence-corrected chi connectivity index (χ3v) is 2.87. The highest BCUT2D eigenvalue weighted by Gasteiger charge is 2.26. The van der Waals surface area contributed by atoms with Crippen LogP contribution in [-0.2, 0) is 6.42 Å². The maximum atomic E-state index is 12.0. The lowest BCUT2D eigenvalue weighted by atomic mass is 10.1. The fraction of sp³-hybridized carbons (Fsp3) is 0.571. The molecule has 0 spiro atoms. The van der Waals surface area contributed by atoms with Crippen LogP contribution in [0, 0.1) is 0 Å². The summed E-state index contributed by atoms with van der Waals surface area (Å²) in [4.78, 5) is 0. The van der Waals surface area contributed by atoms with Crippen molar-refractivity contribution in [2.75, 3.05) is 5.32 Å². The molecule has 0 fully saturated rings. The van der Waals surface area contributed by atoms with E-state index >= 15 is 0 Å². The van der Waals surface area contributed by atoms with Crippen LogP contribution >= 0.6 is 0 Å². The largest absolute Gasteiger partial charge is 0.389 e. The van der Waals surface area contributed by atoms with Crippen molar-refractivity contribution in [2.45, 2.75) is 51.7 Å². The van der Waals surface area contributed by atoms with Crippen molar-refractivity contribution >= 4 is 5.69 Å². The summed E-state index contributed by atoms with van der Waals surface area (Å²) in [7, 11) is 0. The Morgan fingerprint density at radius 2 is 1.78 bits per heavy atom. The molecule has 0 saturated carbocycles. The maximum Gasteiger partial charge on any atom is 0.389 e. The first-order valence-electron chi connectivity index (χ1n) is 6.33. The summed E-state index contributed by atoms with van der Waals surface area (Å²) in [5.74, 6) is 0. The summed E-state index contributed by atoms with van der Waals surface area (Å²) in [6, 6.07) is 8.06. The Hall–Kier alpha value is -1.19. The molecule has 102 valence electrons. The Kier molecular flexibility index (Phi) is 5.51. The molecule has 1 rings (SSSR count). The van der Waals surface area contributed by atoms with Gasteiger partial charge in [0.2, 0.25) is 0 Å². The van der Waals surface area contributed by atoms with Crippen molar-refractivity contribution in [3.63, 3.8) is 0 Å². The van der Waals surface area contributed by atoms with Gasteiger partial charge in [-0.2, -0.15) is 13.2 Å². The van der Waals surface area contributed by atoms with Crippen LogP contribution in [0.4, 0.5) is 18.9 Å². The van der Waals surface area contributed by atoms with E-state index in [0.29, 0.717) is 6.42 Å². The number of alkyl halides is 3. The minimum atomic E-state index is -4.04. The van der Waals surface area contributed by atoms with Crippen LogP contribution in [0.25, 0.3) is 0 Å². The molecule has 0 aromatic heterocycles. The van der Waals surface area contributed by atoms with Crippen LogP contribution in [0.5, 0.6) is 0 Å². The molecule has 18 heavy (non-hydrogen) atoms. The molecule has 0 amide bonds. The molecule has 1 aromatic rings. The number of hydrogen-bond acceptors (Lipinski definition) is 1. The average molecular weight is 259 g/mol. The summed E-state index contributed by atoms with van der Waals surface area (Å²) in [6.45, 7) is 3.99. The molecule has 0 heterocycles. The lowest BCUT2D eigenvalue weighted by Crippen LogP contribution is -2.16. The minimum absolute atomic E-state index is 0.0554. The minimum Gasteiger partial charge on any atom is -0.383 e. The lowest BCUT2D eigenvalue weighted by molar-refractivity contribution is -0.135. The molecule has 0 aliphatic carbocycles. The highest BCUT2D eigenvalue weighted by molar-refractivity contribution is 5.45. The second kappa shape index (κ2) is 6.66. The van der Waals surface area contributed by atoms with Crippen molar-refractivity contribution < 1.29 is 13.2 Å². The molecule has 4 heteroatoms. The highest BCUT2D eigenvalue weighted by atomic mass is 19.4. The zero-order chi connectivity index (χ0) is 13.6. The molecule has 0 saturated heterocycles. The molecule has 0 aliphatic heterocycles. The Morgan fingerprint density at radius 3 is 2.28 bits per heavy atom. The Labute approximate surface area is 106 Å². The van der Waals surface area contributed by atoms with Gasteiger partial charge >= 0.3 is 6.18 Å². The van der Waals surface area contributed by atoms with E-state index in [1.54, 1.807) is 0 Å². The molecule has 1 unspecified atom stereocenters. The third kappa shape index (κ3) is 5.94. The lowest BCUT2D eigenvalue weighted by Gasteiger charge is -2.16. The van der Waals surface area contributed by atoms with E-state index in [1.165, 1.54) is 5.56 Å². The van der Waals surface area contributed by atoms with Gasteiger partial charge in [-0.25, -0.2) is 0 Å². The van der Waals surface area contributed by atoms with Gasteiger partial charge < -0.3 is 5.32 Å². The van der Waals surface area contributed by atoms with Crippen LogP contribution in [0.1, 0.15) is 38.7 Å². The number of aryl methyl sites for hydroxylation is 1. The number of rotatable bonds is 6. The van der Waals surface area contributed by atoms with Gasteiger partial charge in [-0.15, -0.1) is 0 Å². The summed E-state index contributed by atoms with van der Waals surface area (Å²) in [5, 5.41) is 3.21. The van der Waals surface area contributed by atoms with Gasteiger partial charge in [0.05, 0.1) is 0 Å². The molecule has 0 bridgehead atoms. The van der Waals surface area contributed by atoms with E-state index in [9.17, 15) is 13.2 Å². The highest BCUT2D eigenvalue weighted by Crippen LogP contribution is 2.23. The van der Waals surface area contributed by atoms with Gasteiger partial charge in [0.1, 0.15) is 0 Å². The number of anilines is 1. The Morgan fingerprint density at radius 1 is 1.17 bits per heavy atom. The van der Waals surface area contributed by atoms with Gasteiger partial charge in [-0.3, -0.25) is 0 Å². The topological polar surface area (TPSA) is 12.0 Å². The number of hydrogen-bond donors (Lipinski definition) is 1. The Bertz CT molecular complexity index is 343. The Balaban J connectivity index is 2.32. The van der Waals surface area contributed by atoms with E-state index in [2.05, 4.69) is 12.2 Å². The number of benzene rings is 1. The van der Waals surface area contributed by atoms with E-state index < -0.39 is 12.6 Å². The zero-order valence-electron chi connectivity index (χ0n) is 10.8. The monoisotopic (exact) mass is 259 g/mol. The fourth-order valence-corrected chi connectivity index (χ4v) is 1.80. The van der Waals surface area contributed by atoms with E-state index in [-0.39, 0.29) is 12.5 Å². The van der Waals surface area contributed by atoms with Crippen LogP contribution in [0.2, 0.25) is 0 Å². The van der Waals surface area contributed by atoms with E-state index in [4.69, 9.17) is 0 Å². The van der Waals surface area contributed by atoms with Crippen LogP contribution in [0.3, 0.4) is 0 Å².